The number of aliphatic hydroxyl groups is 1. The molecule has 3 aromatic rings. The van der Waals surface area contributed by atoms with Crippen molar-refractivity contribution in [1.29, 1.82) is 0 Å². The molecule has 0 saturated carbocycles. The summed E-state index contributed by atoms with van der Waals surface area (Å²) in [6.45, 7) is 8.10. The fourth-order valence-electron chi connectivity index (χ4n) is 4.81. The number of rotatable bonds is 9. The van der Waals surface area contributed by atoms with Gasteiger partial charge in [0.2, 0.25) is 10.0 Å². The van der Waals surface area contributed by atoms with Crippen LogP contribution in [0.1, 0.15) is 41.2 Å². The molecule has 3 atom stereocenters. The summed E-state index contributed by atoms with van der Waals surface area (Å²) in [5.41, 5.74) is 1.21. The Kier molecular flexibility index (Phi) is 9.02. The minimum Gasteiger partial charge on any atom is -0.486 e. The third kappa shape index (κ3) is 6.16. The fraction of sp³-hybridized carbons (Fsp3) is 0.429. The Morgan fingerprint density at radius 3 is 2.38 bits per heavy atom. The zero-order chi connectivity index (χ0) is 31.0. The number of nitrogens with one attached hydrogen (secondary N) is 1. The number of para-hydroxylation sites is 1. The fourth-order valence-corrected chi connectivity index (χ4v) is 7.34. The van der Waals surface area contributed by atoms with Crippen LogP contribution in [0.25, 0.3) is 0 Å². The molecule has 0 aliphatic carbocycles. The standard InChI is InChI=1S/C28H36N4O8S2/c1-17-10-12-22(13-11-17)41(35,36)30-24-9-7-8-23-26(24)39-25(18(2)14-32(28(23)34)19(3)16-33)15-31(6)42(37,38)27-20(4)29-40-21(27)5/h7-13,18-19,25,30,33H,14-16H2,1-6H3/t18-,19+,25+/m0/s1. The van der Waals surface area contributed by atoms with Crippen LogP contribution in [0, 0.1) is 26.7 Å². The number of ether oxygens (including phenoxy) is 1. The Labute approximate surface area is 246 Å². The van der Waals surface area contributed by atoms with Crippen LogP contribution in [0.5, 0.6) is 5.75 Å². The third-order valence-electron chi connectivity index (χ3n) is 7.34. The van der Waals surface area contributed by atoms with Gasteiger partial charge in [0.15, 0.2) is 11.5 Å². The van der Waals surface area contributed by atoms with Crippen LogP contribution < -0.4 is 9.46 Å². The molecule has 0 saturated heterocycles. The first-order valence-electron chi connectivity index (χ1n) is 13.4. The van der Waals surface area contributed by atoms with Gasteiger partial charge in [-0.05, 0) is 52.0 Å². The summed E-state index contributed by atoms with van der Waals surface area (Å²) in [5, 5.41) is 13.7. The molecular weight excluding hydrogens is 584 g/mol. The highest BCUT2D eigenvalue weighted by Gasteiger charge is 2.37. The zero-order valence-electron chi connectivity index (χ0n) is 24.4. The molecule has 14 heteroatoms. The number of carbonyl (C=O) groups excluding carboxylic acids is 1. The van der Waals surface area contributed by atoms with E-state index in [0.29, 0.717) is 0 Å². The summed E-state index contributed by atoms with van der Waals surface area (Å²) in [4.78, 5) is 15.2. The second kappa shape index (κ2) is 12.0. The molecule has 1 aromatic heterocycles. The number of aryl methyl sites for hydroxylation is 3. The second-order valence-corrected chi connectivity index (χ2v) is 14.3. The van der Waals surface area contributed by atoms with Crippen LogP contribution in [0.2, 0.25) is 0 Å². The summed E-state index contributed by atoms with van der Waals surface area (Å²) in [6.07, 6.45) is -0.824. The van der Waals surface area contributed by atoms with Crippen molar-refractivity contribution in [2.24, 2.45) is 5.92 Å². The van der Waals surface area contributed by atoms with Crippen molar-refractivity contribution in [3.05, 3.63) is 65.0 Å². The first kappa shape index (κ1) is 31.5. The molecule has 228 valence electrons. The maximum absolute atomic E-state index is 13.7. The molecule has 1 aliphatic heterocycles. The van der Waals surface area contributed by atoms with Crippen LogP contribution in [0.4, 0.5) is 5.69 Å². The number of hydrogen-bond donors (Lipinski definition) is 2. The van der Waals surface area contributed by atoms with Gasteiger partial charge >= 0.3 is 0 Å². The number of fused-ring (bicyclic) bond motifs is 1. The van der Waals surface area contributed by atoms with Crippen molar-refractivity contribution >= 4 is 31.6 Å². The van der Waals surface area contributed by atoms with Gasteiger partial charge in [0, 0.05) is 19.5 Å². The first-order valence-corrected chi connectivity index (χ1v) is 16.3. The van der Waals surface area contributed by atoms with E-state index in [0.717, 1.165) is 9.87 Å². The maximum Gasteiger partial charge on any atom is 0.262 e. The van der Waals surface area contributed by atoms with Crippen LogP contribution in [0.15, 0.2) is 56.8 Å². The normalized spacial score (nSPS) is 18.7. The molecule has 4 rings (SSSR count). The molecule has 0 fully saturated rings. The predicted molar refractivity (Wildman–Crippen MR) is 155 cm³/mol. The Hall–Kier alpha value is -3.46. The van der Waals surface area contributed by atoms with Gasteiger partial charge < -0.3 is 19.3 Å². The highest BCUT2D eigenvalue weighted by molar-refractivity contribution is 7.92. The minimum absolute atomic E-state index is 0.0216. The van der Waals surface area contributed by atoms with Crippen molar-refractivity contribution in [2.45, 2.75) is 56.6 Å². The lowest BCUT2D eigenvalue weighted by Gasteiger charge is -2.38. The van der Waals surface area contributed by atoms with Crippen molar-refractivity contribution in [2.75, 3.05) is 31.5 Å². The SMILES string of the molecule is Cc1ccc(S(=O)(=O)Nc2cccc3c2O[C@H](CN(C)S(=O)(=O)c2c(C)noc2C)[C@@H](C)CN([C@H](C)CO)C3=O)cc1. The first-order chi connectivity index (χ1) is 19.7. The highest BCUT2D eigenvalue weighted by Crippen LogP contribution is 2.36. The van der Waals surface area contributed by atoms with Crippen LogP contribution in [0.3, 0.4) is 0 Å². The molecule has 0 bridgehead atoms. The second-order valence-electron chi connectivity index (χ2n) is 10.7. The van der Waals surface area contributed by atoms with Gasteiger partial charge in [-0.15, -0.1) is 0 Å². The number of aliphatic hydroxyl groups excluding tert-OH is 1. The number of likely N-dealkylation sites (N-methyl/N-ethyl adjacent to an activating group) is 1. The van der Waals surface area contributed by atoms with E-state index in [2.05, 4.69) is 9.88 Å². The average molecular weight is 621 g/mol. The maximum atomic E-state index is 13.7. The van der Waals surface area contributed by atoms with Gasteiger partial charge in [0.1, 0.15) is 16.7 Å². The highest BCUT2D eigenvalue weighted by atomic mass is 32.2. The monoisotopic (exact) mass is 620 g/mol. The lowest BCUT2D eigenvalue weighted by Crippen LogP contribution is -2.50. The molecule has 0 spiro atoms. The number of amides is 1. The van der Waals surface area contributed by atoms with Gasteiger partial charge in [-0.25, -0.2) is 16.8 Å². The number of hydrogen-bond acceptors (Lipinski definition) is 9. The van der Waals surface area contributed by atoms with E-state index >= 15 is 0 Å². The van der Waals surface area contributed by atoms with Crippen molar-refractivity contribution < 1.29 is 36.0 Å². The van der Waals surface area contributed by atoms with Crippen molar-refractivity contribution in [1.82, 2.24) is 14.4 Å². The van der Waals surface area contributed by atoms with E-state index in [-0.39, 0.29) is 57.9 Å². The van der Waals surface area contributed by atoms with Crippen molar-refractivity contribution in [3.8, 4) is 5.75 Å². The molecule has 0 unspecified atom stereocenters. The molecule has 1 amide bonds. The smallest absolute Gasteiger partial charge is 0.262 e. The van der Waals surface area contributed by atoms with E-state index in [1.54, 1.807) is 26.0 Å². The molecule has 42 heavy (non-hydrogen) atoms. The van der Waals surface area contributed by atoms with E-state index in [4.69, 9.17) is 9.26 Å². The lowest BCUT2D eigenvalue weighted by molar-refractivity contribution is 0.0389. The summed E-state index contributed by atoms with van der Waals surface area (Å²) in [7, 11) is -6.70. The molecule has 12 nitrogen and oxygen atoms in total. The summed E-state index contributed by atoms with van der Waals surface area (Å²) < 4.78 is 68.7. The number of aromatic nitrogens is 1. The van der Waals surface area contributed by atoms with E-state index in [1.807, 2.05) is 6.92 Å². The molecule has 2 heterocycles. The number of sulfonamides is 2. The molecule has 2 N–H and O–H groups in total. The van der Waals surface area contributed by atoms with E-state index in [1.165, 1.54) is 56.1 Å². The number of benzene rings is 2. The molecule has 1 aliphatic rings. The quantitative estimate of drug-likeness (QED) is 0.367. The van der Waals surface area contributed by atoms with Gasteiger partial charge in [0.25, 0.3) is 15.9 Å². The number of nitrogens with zero attached hydrogens (tertiary/aromatic N) is 3. The van der Waals surface area contributed by atoms with Gasteiger partial charge in [-0.2, -0.15) is 4.31 Å². The lowest BCUT2D eigenvalue weighted by atomic mass is 9.99. The molecule has 2 aromatic carbocycles. The van der Waals surface area contributed by atoms with Gasteiger partial charge in [-0.1, -0.05) is 35.8 Å². The number of anilines is 1. The summed E-state index contributed by atoms with van der Waals surface area (Å²) in [5.74, 6) is -0.768. The topological polar surface area (TPSA) is 159 Å². The van der Waals surface area contributed by atoms with Gasteiger partial charge in [0.05, 0.1) is 35.3 Å². The predicted octanol–water partition coefficient (Wildman–Crippen LogP) is 2.94. The Morgan fingerprint density at radius 1 is 1.12 bits per heavy atom. The summed E-state index contributed by atoms with van der Waals surface area (Å²) in [6, 6.07) is 10.2. The van der Waals surface area contributed by atoms with Crippen LogP contribution in [-0.2, 0) is 20.0 Å². The van der Waals surface area contributed by atoms with Crippen LogP contribution in [-0.4, -0.2) is 81.1 Å². The summed E-state index contributed by atoms with van der Waals surface area (Å²) >= 11 is 0. The number of carbonyl (C=O) groups is 1. The molecule has 0 radical (unpaired) electrons. The Morgan fingerprint density at radius 2 is 1.79 bits per heavy atom. The Bertz CT molecular complexity index is 1650. The van der Waals surface area contributed by atoms with Crippen LogP contribution >= 0.6 is 0 Å². The Balaban J connectivity index is 1.78. The molecular formula is C28H36N4O8S2. The largest absolute Gasteiger partial charge is 0.486 e. The van der Waals surface area contributed by atoms with Crippen molar-refractivity contribution in [3.63, 3.8) is 0 Å². The minimum atomic E-state index is -4.07. The van der Waals surface area contributed by atoms with Gasteiger partial charge in [-0.3, -0.25) is 9.52 Å². The average Bonchev–Trinajstić information content (AvgIpc) is 3.28. The third-order valence-corrected chi connectivity index (χ3v) is 10.8. The van der Waals surface area contributed by atoms with E-state index in [9.17, 15) is 26.7 Å². The zero-order valence-corrected chi connectivity index (χ0v) is 26.0. The van der Waals surface area contributed by atoms with E-state index < -0.39 is 44.0 Å².